The minimum absolute atomic E-state index is 0.165. The molecule has 1 fully saturated rings. The molecule has 122 valence electrons. The number of ether oxygens (including phenoxy) is 1. The summed E-state index contributed by atoms with van der Waals surface area (Å²) in [6.45, 7) is 0.533. The molecule has 1 amide bonds. The van der Waals surface area contributed by atoms with Gasteiger partial charge in [0.2, 0.25) is 0 Å². The molecule has 1 aromatic carbocycles. The van der Waals surface area contributed by atoms with E-state index in [1.807, 2.05) is 11.8 Å². The number of hydrogen-bond donors (Lipinski definition) is 3. The second-order valence-electron chi connectivity index (χ2n) is 5.55. The van der Waals surface area contributed by atoms with Crippen molar-refractivity contribution in [2.45, 2.75) is 24.8 Å². The molecule has 1 aliphatic rings. The van der Waals surface area contributed by atoms with E-state index < -0.39 is 0 Å². The highest BCUT2D eigenvalue weighted by Crippen LogP contribution is 2.29. The highest BCUT2D eigenvalue weighted by molar-refractivity contribution is 7.99. The average Bonchev–Trinajstić information content (AvgIpc) is 2.50. The van der Waals surface area contributed by atoms with E-state index in [9.17, 15) is 4.79 Å². The van der Waals surface area contributed by atoms with E-state index in [1.54, 1.807) is 6.07 Å². The van der Waals surface area contributed by atoms with Gasteiger partial charge in [0.05, 0.1) is 23.4 Å². The first-order valence-electron chi connectivity index (χ1n) is 7.23. The van der Waals surface area contributed by atoms with E-state index in [2.05, 4.69) is 5.32 Å². The van der Waals surface area contributed by atoms with Crippen LogP contribution in [0.15, 0.2) is 12.1 Å². The van der Waals surface area contributed by atoms with Gasteiger partial charge in [-0.05, 0) is 36.8 Å². The zero-order valence-electron chi connectivity index (χ0n) is 12.7. The molecule has 0 unspecified atom stereocenters. The third kappa shape index (κ3) is 4.21. The summed E-state index contributed by atoms with van der Waals surface area (Å²) in [6.07, 6.45) is 2.75. The minimum atomic E-state index is -0.229. The number of carbonyl (C=O) groups is 1. The van der Waals surface area contributed by atoms with Crippen molar-refractivity contribution in [3.8, 4) is 5.75 Å². The summed E-state index contributed by atoms with van der Waals surface area (Å²) in [5, 5.41) is 3.23. The molecule has 7 heteroatoms. The van der Waals surface area contributed by atoms with Crippen molar-refractivity contribution < 1.29 is 9.53 Å². The van der Waals surface area contributed by atoms with Crippen LogP contribution >= 0.6 is 23.4 Å². The third-order valence-electron chi connectivity index (χ3n) is 3.96. The molecule has 1 aromatic rings. The van der Waals surface area contributed by atoms with Crippen molar-refractivity contribution in [1.82, 2.24) is 5.32 Å². The molecule has 22 heavy (non-hydrogen) atoms. The Hall–Kier alpha value is -1.11. The maximum atomic E-state index is 12.3. The molecule has 1 saturated heterocycles. The van der Waals surface area contributed by atoms with E-state index in [1.165, 1.54) is 13.2 Å². The second kappa shape index (κ2) is 7.44. The van der Waals surface area contributed by atoms with E-state index in [0.717, 1.165) is 30.8 Å². The third-order valence-corrected chi connectivity index (χ3v) is 5.27. The zero-order valence-corrected chi connectivity index (χ0v) is 14.2. The van der Waals surface area contributed by atoms with Gasteiger partial charge in [0.15, 0.2) is 0 Å². The van der Waals surface area contributed by atoms with Crippen LogP contribution in [0.3, 0.4) is 0 Å². The second-order valence-corrected chi connectivity index (χ2v) is 7.19. The highest BCUT2D eigenvalue weighted by Gasteiger charge is 2.27. The largest absolute Gasteiger partial charge is 0.496 e. The van der Waals surface area contributed by atoms with Crippen molar-refractivity contribution in [3.63, 3.8) is 0 Å². The molecule has 0 spiro atoms. The van der Waals surface area contributed by atoms with Crippen molar-refractivity contribution in [2.75, 3.05) is 30.9 Å². The molecule has 1 heterocycles. The van der Waals surface area contributed by atoms with E-state index >= 15 is 0 Å². The number of nitrogen functional groups attached to an aromatic ring is 1. The number of halogens is 1. The number of carbonyl (C=O) groups excluding carboxylic acids is 1. The van der Waals surface area contributed by atoms with Crippen LogP contribution in [0.4, 0.5) is 5.69 Å². The van der Waals surface area contributed by atoms with Gasteiger partial charge in [-0.15, -0.1) is 0 Å². The Kier molecular flexibility index (Phi) is 5.83. The summed E-state index contributed by atoms with van der Waals surface area (Å²) in [6, 6.07) is 3.08. The summed E-state index contributed by atoms with van der Waals surface area (Å²) >= 11 is 7.91. The summed E-state index contributed by atoms with van der Waals surface area (Å²) in [5.41, 5.74) is 12.7. The Bertz CT molecular complexity index is 548. The lowest BCUT2D eigenvalue weighted by Gasteiger charge is -2.33. The van der Waals surface area contributed by atoms with Gasteiger partial charge < -0.3 is 21.5 Å². The van der Waals surface area contributed by atoms with Gasteiger partial charge in [0, 0.05) is 18.2 Å². The molecule has 5 nitrogen and oxygen atoms in total. The summed E-state index contributed by atoms with van der Waals surface area (Å²) in [7, 11) is 1.49. The maximum absolute atomic E-state index is 12.3. The van der Waals surface area contributed by atoms with Crippen LogP contribution < -0.4 is 21.5 Å². The van der Waals surface area contributed by atoms with E-state index in [0.29, 0.717) is 28.6 Å². The first-order valence-corrected chi connectivity index (χ1v) is 8.76. The number of thioether (sulfide) groups is 1. The molecule has 0 atom stereocenters. The Morgan fingerprint density at radius 1 is 1.45 bits per heavy atom. The lowest BCUT2D eigenvalue weighted by Crippen LogP contribution is -2.45. The maximum Gasteiger partial charge on any atom is 0.255 e. The molecular formula is C15H22ClN3O2S. The number of rotatable bonds is 5. The van der Waals surface area contributed by atoms with Crippen molar-refractivity contribution in [1.29, 1.82) is 0 Å². The molecule has 0 aromatic heterocycles. The summed E-state index contributed by atoms with van der Waals surface area (Å²) < 4.78 is 5.19. The standard InChI is InChI=1S/C15H22ClN3O2S/c1-21-13-9-12(17)11(16)8-10(13)14(20)19-5-2-15(18)3-6-22-7-4-15/h8-9H,2-7,17-18H2,1H3,(H,19,20). The predicted octanol–water partition coefficient (Wildman–Crippen LogP) is 2.28. The highest BCUT2D eigenvalue weighted by atomic mass is 35.5. The van der Waals surface area contributed by atoms with Crippen LogP contribution in [0.5, 0.6) is 5.75 Å². The quantitative estimate of drug-likeness (QED) is 0.713. The average molecular weight is 344 g/mol. The number of nitrogens with one attached hydrogen (secondary N) is 1. The van der Waals surface area contributed by atoms with Gasteiger partial charge in [-0.1, -0.05) is 11.6 Å². The van der Waals surface area contributed by atoms with E-state index in [-0.39, 0.29) is 11.4 Å². The van der Waals surface area contributed by atoms with Gasteiger partial charge in [-0.3, -0.25) is 4.79 Å². The minimum Gasteiger partial charge on any atom is -0.496 e. The van der Waals surface area contributed by atoms with Crippen LogP contribution in [0.1, 0.15) is 29.6 Å². The monoisotopic (exact) mass is 343 g/mol. The Morgan fingerprint density at radius 2 is 2.14 bits per heavy atom. The first kappa shape index (κ1) is 17.2. The van der Waals surface area contributed by atoms with Crippen LogP contribution in [-0.4, -0.2) is 36.6 Å². The normalized spacial score (nSPS) is 17.0. The van der Waals surface area contributed by atoms with Crippen molar-refractivity contribution in [2.24, 2.45) is 5.73 Å². The lowest BCUT2D eigenvalue weighted by molar-refractivity contribution is 0.0947. The molecule has 1 aliphatic heterocycles. The molecule has 0 bridgehead atoms. The first-order chi connectivity index (χ1) is 10.4. The Morgan fingerprint density at radius 3 is 2.77 bits per heavy atom. The van der Waals surface area contributed by atoms with Gasteiger partial charge in [-0.25, -0.2) is 0 Å². The SMILES string of the molecule is COc1cc(N)c(Cl)cc1C(=O)NCCC1(N)CCSCC1. The number of nitrogens with two attached hydrogens (primary N) is 2. The molecule has 0 saturated carbocycles. The van der Waals surface area contributed by atoms with E-state index in [4.69, 9.17) is 27.8 Å². The molecule has 0 aliphatic carbocycles. The smallest absolute Gasteiger partial charge is 0.255 e. The zero-order chi connectivity index (χ0) is 16.2. The summed E-state index contributed by atoms with van der Waals surface area (Å²) in [4.78, 5) is 12.3. The number of methoxy groups -OCH3 is 1. The van der Waals surface area contributed by atoms with Crippen LogP contribution in [-0.2, 0) is 0 Å². The van der Waals surface area contributed by atoms with Crippen LogP contribution in [0, 0.1) is 0 Å². The molecule has 0 radical (unpaired) electrons. The van der Waals surface area contributed by atoms with Gasteiger partial charge in [0.1, 0.15) is 5.75 Å². The topological polar surface area (TPSA) is 90.4 Å². The Balaban J connectivity index is 1.96. The van der Waals surface area contributed by atoms with Gasteiger partial charge in [-0.2, -0.15) is 11.8 Å². The molecule has 2 rings (SSSR count). The molecular weight excluding hydrogens is 322 g/mol. The Labute approximate surface area is 140 Å². The number of benzene rings is 1. The number of hydrogen-bond acceptors (Lipinski definition) is 5. The van der Waals surface area contributed by atoms with Crippen LogP contribution in [0.2, 0.25) is 5.02 Å². The van der Waals surface area contributed by atoms with Crippen molar-refractivity contribution >= 4 is 35.0 Å². The fraction of sp³-hybridized carbons (Fsp3) is 0.533. The van der Waals surface area contributed by atoms with Crippen LogP contribution in [0.25, 0.3) is 0 Å². The predicted molar refractivity (Wildman–Crippen MR) is 92.8 cm³/mol. The summed E-state index contributed by atoms with van der Waals surface area (Å²) in [5.74, 6) is 2.36. The van der Waals surface area contributed by atoms with Gasteiger partial charge in [0.25, 0.3) is 5.91 Å². The molecule has 5 N–H and O–H groups in total. The fourth-order valence-corrected chi connectivity index (χ4v) is 3.93. The number of amides is 1. The van der Waals surface area contributed by atoms with Gasteiger partial charge >= 0.3 is 0 Å². The van der Waals surface area contributed by atoms with Crippen molar-refractivity contribution in [3.05, 3.63) is 22.7 Å². The lowest BCUT2D eigenvalue weighted by atomic mass is 9.90. The number of anilines is 1. The fourth-order valence-electron chi connectivity index (χ4n) is 2.46.